The first-order chi connectivity index (χ1) is 16.5. The van der Waals surface area contributed by atoms with E-state index in [2.05, 4.69) is 15.6 Å². The molecule has 0 saturated heterocycles. The average molecular weight is 495 g/mol. The summed E-state index contributed by atoms with van der Waals surface area (Å²) in [6.45, 7) is 1.55. The number of rotatable bonds is 8. The Balaban J connectivity index is 1.93. The number of aromatic nitrogens is 1. The molecule has 0 spiro atoms. The minimum absolute atomic E-state index is 0.218. The molecule has 4 nitrogen and oxygen atoms in total. The molecule has 0 saturated carbocycles. The number of amides is 1. The second kappa shape index (κ2) is 10.9. The van der Waals surface area contributed by atoms with Crippen LogP contribution in [-0.2, 0) is 17.4 Å². The number of benzene rings is 2. The lowest BCUT2D eigenvalue weighted by Gasteiger charge is -2.26. The Morgan fingerprint density at radius 3 is 2.37 bits per heavy atom. The molecule has 1 amide bonds. The van der Waals surface area contributed by atoms with Crippen molar-refractivity contribution in [2.24, 2.45) is 0 Å². The molecular formula is C25H23F6N3O. The second-order valence-electron chi connectivity index (χ2n) is 8.01. The Hall–Kier alpha value is -3.40. The van der Waals surface area contributed by atoms with Crippen LogP contribution in [0.1, 0.15) is 46.5 Å². The van der Waals surface area contributed by atoms with Crippen molar-refractivity contribution in [3.05, 3.63) is 100 Å². The Kier molecular flexibility index (Phi) is 8.16. The third kappa shape index (κ3) is 6.39. The quantitative estimate of drug-likeness (QED) is 0.402. The van der Waals surface area contributed by atoms with E-state index in [-0.39, 0.29) is 18.4 Å². The predicted octanol–water partition coefficient (Wildman–Crippen LogP) is 5.58. The summed E-state index contributed by atoms with van der Waals surface area (Å²) in [6, 6.07) is 7.98. The van der Waals surface area contributed by atoms with E-state index in [9.17, 15) is 31.1 Å². The minimum Gasteiger partial charge on any atom is -0.358 e. The monoisotopic (exact) mass is 495 g/mol. The summed E-state index contributed by atoms with van der Waals surface area (Å²) in [5.41, 5.74) is 0.154. The normalized spacial score (nSPS) is 13.4. The summed E-state index contributed by atoms with van der Waals surface area (Å²) in [4.78, 5) is 16.1. The van der Waals surface area contributed by atoms with Gasteiger partial charge >= 0.3 is 6.18 Å². The molecule has 0 radical (unpaired) electrons. The molecule has 0 fully saturated rings. The molecule has 2 aromatic carbocycles. The SMILES string of the molecule is CNC(=O)[C@@H](N[C@H](CCc1ccc(C(F)(F)F)nc1)c1ccc(F)c(C)c1)c1cccc(F)c1F. The summed E-state index contributed by atoms with van der Waals surface area (Å²) in [5.74, 6) is -3.38. The van der Waals surface area contributed by atoms with Gasteiger partial charge in [0.15, 0.2) is 11.6 Å². The third-order valence-corrected chi connectivity index (χ3v) is 5.59. The summed E-state index contributed by atoms with van der Waals surface area (Å²) in [6.07, 6.45) is -2.98. The van der Waals surface area contributed by atoms with Crippen LogP contribution >= 0.6 is 0 Å². The molecule has 0 bridgehead atoms. The van der Waals surface area contributed by atoms with Crippen molar-refractivity contribution >= 4 is 5.91 Å². The van der Waals surface area contributed by atoms with Crippen LogP contribution in [0.25, 0.3) is 0 Å². The van der Waals surface area contributed by atoms with Crippen molar-refractivity contribution in [2.45, 2.75) is 38.0 Å². The van der Waals surface area contributed by atoms with Crippen LogP contribution in [0, 0.1) is 24.4 Å². The van der Waals surface area contributed by atoms with Gasteiger partial charge in [-0.05, 0) is 54.7 Å². The number of pyridine rings is 1. The van der Waals surface area contributed by atoms with Crippen LogP contribution in [0.3, 0.4) is 0 Å². The Morgan fingerprint density at radius 1 is 1.03 bits per heavy atom. The Morgan fingerprint density at radius 2 is 1.77 bits per heavy atom. The maximum absolute atomic E-state index is 14.6. The highest BCUT2D eigenvalue weighted by Crippen LogP contribution is 2.29. The number of carbonyl (C=O) groups is 1. The number of alkyl halides is 3. The van der Waals surface area contributed by atoms with Gasteiger partial charge in [0.1, 0.15) is 17.6 Å². The number of nitrogens with one attached hydrogen (secondary N) is 2. The molecule has 0 aliphatic carbocycles. The van der Waals surface area contributed by atoms with Crippen molar-refractivity contribution in [3.8, 4) is 0 Å². The van der Waals surface area contributed by atoms with E-state index in [0.717, 1.165) is 18.3 Å². The van der Waals surface area contributed by atoms with Gasteiger partial charge in [-0.2, -0.15) is 13.2 Å². The van der Waals surface area contributed by atoms with E-state index in [4.69, 9.17) is 0 Å². The number of hydrogen-bond acceptors (Lipinski definition) is 3. The molecule has 2 N–H and O–H groups in total. The lowest BCUT2D eigenvalue weighted by molar-refractivity contribution is -0.141. The van der Waals surface area contributed by atoms with Crippen LogP contribution in [0.2, 0.25) is 0 Å². The molecule has 1 aromatic heterocycles. The fourth-order valence-corrected chi connectivity index (χ4v) is 3.68. The molecule has 2 atom stereocenters. The molecule has 0 aliphatic rings. The van der Waals surface area contributed by atoms with Crippen LogP contribution < -0.4 is 10.6 Å². The van der Waals surface area contributed by atoms with Gasteiger partial charge < -0.3 is 5.32 Å². The molecule has 1 heterocycles. The van der Waals surface area contributed by atoms with Gasteiger partial charge in [-0.15, -0.1) is 0 Å². The van der Waals surface area contributed by atoms with Gasteiger partial charge in [0.05, 0.1) is 0 Å². The summed E-state index contributed by atoms with van der Waals surface area (Å²) in [5, 5.41) is 5.43. The number of nitrogens with zero attached hydrogens (tertiary/aromatic N) is 1. The molecule has 35 heavy (non-hydrogen) atoms. The number of halogens is 6. The van der Waals surface area contributed by atoms with Crippen LogP contribution in [0.4, 0.5) is 26.3 Å². The number of carbonyl (C=O) groups excluding carboxylic acids is 1. The predicted molar refractivity (Wildman–Crippen MR) is 118 cm³/mol. The highest BCUT2D eigenvalue weighted by Gasteiger charge is 2.32. The van der Waals surface area contributed by atoms with E-state index >= 15 is 0 Å². The largest absolute Gasteiger partial charge is 0.433 e. The lowest BCUT2D eigenvalue weighted by atomic mass is 9.95. The van der Waals surface area contributed by atoms with Crippen molar-refractivity contribution in [1.29, 1.82) is 0 Å². The molecule has 0 aliphatic heterocycles. The zero-order valence-corrected chi connectivity index (χ0v) is 18.9. The van der Waals surface area contributed by atoms with Crippen molar-refractivity contribution in [1.82, 2.24) is 15.6 Å². The lowest BCUT2D eigenvalue weighted by Crippen LogP contribution is -2.38. The minimum atomic E-state index is -4.57. The highest BCUT2D eigenvalue weighted by molar-refractivity contribution is 5.83. The fraction of sp³-hybridized carbons (Fsp3) is 0.280. The summed E-state index contributed by atoms with van der Waals surface area (Å²) in [7, 11) is 1.35. The van der Waals surface area contributed by atoms with Crippen LogP contribution in [0.5, 0.6) is 0 Å². The van der Waals surface area contributed by atoms with E-state index in [1.165, 1.54) is 37.4 Å². The Bertz CT molecular complexity index is 1180. The van der Waals surface area contributed by atoms with Crippen molar-refractivity contribution in [3.63, 3.8) is 0 Å². The van der Waals surface area contributed by atoms with Crippen LogP contribution in [-0.4, -0.2) is 17.9 Å². The smallest absolute Gasteiger partial charge is 0.358 e. The maximum Gasteiger partial charge on any atom is 0.433 e. The van der Waals surface area contributed by atoms with Gasteiger partial charge in [-0.1, -0.05) is 30.3 Å². The number of aryl methyl sites for hydroxylation is 2. The molecule has 3 rings (SSSR count). The summed E-state index contributed by atoms with van der Waals surface area (Å²) >= 11 is 0. The second-order valence-corrected chi connectivity index (χ2v) is 8.01. The standard InChI is InChI=1S/C25H23F6N3O/c1-14-12-16(8-9-18(14)26)20(10-6-15-7-11-21(33-13-15)25(29,30)31)34-23(24(35)32-2)17-4-3-5-19(27)22(17)28/h3-5,7-9,11-13,20,23,34H,6,10H2,1-2H3,(H,32,35)/t20-,23+/m1/s1. The molecular weight excluding hydrogens is 472 g/mol. The topological polar surface area (TPSA) is 54.0 Å². The van der Waals surface area contributed by atoms with E-state index in [1.54, 1.807) is 13.0 Å². The zero-order chi connectivity index (χ0) is 25.8. The zero-order valence-electron chi connectivity index (χ0n) is 18.9. The van der Waals surface area contributed by atoms with Crippen molar-refractivity contribution < 1.29 is 31.1 Å². The first-order valence-corrected chi connectivity index (χ1v) is 10.7. The van der Waals surface area contributed by atoms with Gasteiger partial charge in [0.2, 0.25) is 5.91 Å². The number of likely N-dealkylation sites (N-methyl/N-ethyl adjacent to an activating group) is 1. The van der Waals surface area contributed by atoms with Crippen molar-refractivity contribution in [2.75, 3.05) is 7.05 Å². The molecule has 186 valence electrons. The first-order valence-electron chi connectivity index (χ1n) is 10.7. The highest BCUT2D eigenvalue weighted by atomic mass is 19.4. The third-order valence-electron chi connectivity index (χ3n) is 5.59. The Labute approximate surface area is 198 Å². The number of hydrogen-bond donors (Lipinski definition) is 2. The van der Waals surface area contributed by atoms with E-state index < -0.39 is 47.3 Å². The van der Waals surface area contributed by atoms with Gasteiger partial charge in [-0.25, -0.2) is 13.2 Å². The van der Waals surface area contributed by atoms with Gasteiger partial charge in [0.25, 0.3) is 0 Å². The fourth-order valence-electron chi connectivity index (χ4n) is 3.68. The van der Waals surface area contributed by atoms with E-state index in [1.807, 2.05) is 0 Å². The van der Waals surface area contributed by atoms with E-state index in [0.29, 0.717) is 16.7 Å². The average Bonchev–Trinajstić information content (AvgIpc) is 2.82. The maximum atomic E-state index is 14.6. The summed E-state index contributed by atoms with van der Waals surface area (Å²) < 4.78 is 80.7. The molecule has 0 unspecified atom stereocenters. The van der Waals surface area contributed by atoms with Crippen LogP contribution in [0.15, 0.2) is 54.7 Å². The molecule has 10 heteroatoms. The van der Waals surface area contributed by atoms with Gasteiger partial charge in [-0.3, -0.25) is 15.1 Å². The van der Waals surface area contributed by atoms with Gasteiger partial charge in [0, 0.05) is 24.8 Å². The first kappa shape index (κ1) is 26.2. The molecule has 3 aromatic rings.